The summed E-state index contributed by atoms with van der Waals surface area (Å²) in [5.41, 5.74) is 1.84. The zero-order chi connectivity index (χ0) is 10.7. The maximum absolute atomic E-state index is 11.2. The number of carbonyl (C=O) groups is 1. The summed E-state index contributed by atoms with van der Waals surface area (Å²) in [4.78, 5) is 19.7. The summed E-state index contributed by atoms with van der Waals surface area (Å²) in [5, 5.41) is 0. The van der Waals surface area contributed by atoms with Crippen LogP contribution >= 0.6 is 0 Å². The van der Waals surface area contributed by atoms with Crippen molar-refractivity contribution in [2.24, 2.45) is 0 Å². The summed E-state index contributed by atoms with van der Waals surface area (Å²) in [6, 6.07) is 1.92. The molecule has 0 aliphatic heterocycles. The molecule has 0 N–H and O–H groups in total. The molecular formula is C11H16N2O. The molecule has 3 nitrogen and oxygen atoms in total. The van der Waals surface area contributed by atoms with E-state index >= 15 is 0 Å². The van der Waals surface area contributed by atoms with Gasteiger partial charge in [-0.05, 0) is 33.3 Å². The molecule has 1 aromatic rings. The predicted octanol–water partition coefficient (Wildman–Crippen LogP) is 2.04. The van der Waals surface area contributed by atoms with Crippen LogP contribution in [0.2, 0.25) is 0 Å². The molecule has 0 aromatic carbocycles. The number of ketones is 1. The molecule has 1 unspecified atom stereocenters. The first kappa shape index (κ1) is 10.8. The van der Waals surface area contributed by atoms with Crippen LogP contribution in [0.4, 0.5) is 0 Å². The quantitative estimate of drug-likeness (QED) is 0.736. The second-order valence-corrected chi connectivity index (χ2v) is 3.52. The van der Waals surface area contributed by atoms with E-state index in [0.717, 1.165) is 23.6 Å². The average Bonchev–Trinajstić information content (AvgIpc) is 2.15. The second kappa shape index (κ2) is 4.31. The fraction of sp³-hybridized carbons (Fsp3) is 0.545. The van der Waals surface area contributed by atoms with Gasteiger partial charge in [-0.2, -0.15) is 0 Å². The van der Waals surface area contributed by atoms with E-state index in [9.17, 15) is 4.79 Å². The van der Waals surface area contributed by atoms with Gasteiger partial charge in [0.25, 0.3) is 0 Å². The molecule has 14 heavy (non-hydrogen) atoms. The lowest BCUT2D eigenvalue weighted by molar-refractivity contribution is -0.118. The maximum Gasteiger partial charge on any atom is 0.138 e. The summed E-state index contributed by atoms with van der Waals surface area (Å²) in [7, 11) is 0. The Morgan fingerprint density at radius 2 is 2.14 bits per heavy atom. The number of rotatable bonds is 3. The molecule has 0 saturated carbocycles. The number of hydrogen-bond acceptors (Lipinski definition) is 3. The lowest BCUT2D eigenvalue weighted by Crippen LogP contribution is -2.09. The molecule has 0 bridgehead atoms. The molecule has 0 aliphatic rings. The molecular weight excluding hydrogens is 176 g/mol. The van der Waals surface area contributed by atoms with Gasteiger partial charge in [-0.25, -0.2) is 9.97 Å². The molecule has 0 radical (unpaired) electrons. The van der Waals surface area contributed by atoms with Crippen molar-refractivity contribution in [3.05, 3.63) is 23.3 Å². The standard InChI is InChI=1S/C11H16N2O/c1-5-10-6-11(7(2)8(3)14)13-9(4)12-10/h6-7H,5H2,1-4H3. The summed E-state index contributed by atoms with van der Waals surface area (Å²) >= 11 is 0. The van der Waals surface area contributed by atoms with Gasteiger partial charge in [0.05, 0.1) is 11.6 Å². The molecule has 0 aliphatic carbocycles. The van der Waals surface area contributed by atoms with Crippen molar-refractivity contribution in [3.8, 4) is 0 Å². The third kappa shape index (κ3) is 2.37. The van der Waals surface area contributed by atoms with E-state index < -0.39 is 0 Å². The van der Waals surface area contributed by atoms with Crippen LogP contribution in [0.1, 0.15) is 43.9 Å². The molecule has 0 fully saturated rings. The first-order valence-electron chi connectivity index (χ1n) is 4.89. The first-order chi connectivity index (χ1) is 6.54. The van der Waals surface area contributed by atoms with Crippen LogP contribution in [-0.2, 0) is 11.2 Å². The van der Waals surface area contributed by atoms with Gasteiger partial charge >= 0.3 is 0 Å². The molecule has 0 saturated heterocycles. The van der Waals surface area contributed by atoms with Crippen molar-refractivity contribution in [1.82, 2.24) is 9.97 Å². The van der Waals surface area contributed by atoms with E-state index in [0.29, 0.717) is 0 Å². The molecule has 1 aromatic heterocycles. The second-order valence-electron chi connectivity index (χ2n) is 3.52. The van der Waals surface area contributed by atoms with E-state index in [4.69, 9.17) is 0 Å². The third-order valence-electron chi connectivity index (χ3n) is 2.33. The van der Waals surface area contributed by atoms with Gasteiger partial charge in [-0.15, -0.1) is 0 Å². The summed E-state index contributed by atoms with van der Waals surface area (Å²) in [6.45, 7) is 7.37. The number of nitrogens with zero attached hydrogens (tertiary/aromatic N) is 2. The highest BCUT2D eigenvalue weighted by Gasteiger charge is 2.13. The lowest BCUT2D eigenvalue weighted by Gasteiger charge is -2.08. The largest absolute Gasteiger partial charge is 0.299 e. The Balaban J connectivity index is 3.08. The number of Topliss-reactive ketones (excluding diaryl/α,β-unsaturated/α-hetero) is 1. The number of carbonyl (C=O) groups excluding carboxylic acids is 1. The molecule has 1 rings (SSSR count). The van der Waals surface area contributed by atoms with Gasteiger partial charge in [0.2, 0.25) is 0 Å². The summed E-state index contributed by atoms with van der Waals surface area (Å²) in [5.74, 6) is 0.764. The molecule has 0 amide bonds. The maximum atomic E-state index is 11.2. The van der Waals surface area contributed by atoms with Gasteiger partial charge in [0.15, 0.2) is 0 Å². The van der Waals surface area contributed by atoms with Crippen LogP contribution in [0.3, 0.4) is 0 Å². The van der Waals surface area contributed by atoms with Gasteiger partial charge in [-0.3, -0.25) is 4.79 Å². The fourth-order valence-corrected chi connectivity index (χ4v) is 1.27. The Kier molecular flexibility index (Phi) is 3.33. The zero-order valence-corrected chi connectivity index (χ0v) is 9.16. The van der Waals surface area contributed by atoms with E-state index in [1.807, 2.05) is 26.8 Å². The van der Waals surface area contributed by atoms with Crippen LogP contribution in [0.5, 0.6) is 0 Å². The van der Waals surface area contributed by atoms with E-state index in [-0.39, 0.29) is 11.7 Å². The Hall–Kier alpha value is -1.25. The van der Waals surface area contributed by atoms with Crippen LogP contribution < -0.4 is 0 Å². The number of aromatic nitrogens is 2. The van der Waals surface area contributed by atoms with Crippen LogP contribution in [0.15, 0.2) is 6.07 Å². The minimum Gasteiger partial charge on any atom is -0.299 e. The Morgan fingerprint density at radius 1 is 1.50 bits per heavy atom. The van der Waals surface area contributed by atoms with Crippen molar-refractivity contribution in [1.29, 1.82) is 0 Å². The lowest BCUT2D eigenvalue weighted by atomic mass is 10.0. The van der Waals surface area contributed by atoms with Gasteiger partial charge in [0.1, 0.15) is 11.6 Å². The highest BCUT2D eigenvalue weighted by atomic mass is 16.1. The highest BCUT2D eigenvalue weighted by molar-refractivity contribution is 5.82. The summed E-state index contributed by atoms with van der Waals surface area (Å²) in [6.07, 6.45) is 0.876. The normalized spacial score (nSPS) is 12.6. The SMILES string of the molecule is CCc1cc(C(C)C(C)=O)nc(C)n1. The monoisotopic (exact) mass is 192 g/mol. The van der Waals surface area contributed by atoms with Crippen molar-refractivity contribution < 1.29 is 4.79 Å². The Morgan fingerprint density at radius 3 is 2.64 bits per heavy atom. The smallest absolute Gasteiger partial charge is 0.138 e. The summed E-state index contributed by atoms with van der Waals surface area (Å²) < 4.78 is 0. The van der Waals surface area contributed by atoms with Gasteiger partial charge < -0.3 is 0 Å². The topological polar surface area (TPSA) is 42.9 Å². The van der Waals surface area contributed by atoms with Gasteiger partial charge in [0, 0.05) is 5.69 Å². The van der Waals surface area contributed by atoms with Crippen LogP contribution in [0.25, 0.3) is 0 Å². The minimum atomic E-state index is -0.123. The minimum absolute atomic E-state index is 0.123. The van der Waals surface area contributed by atoms with Crippen molar-refractivity contribution in [2.75, 3.05) is 0 Å². The van der Waals surface area contributed by atoms with Crippen molar-refractivity contribution in [2.45, 2.75) is 40.0 Å². The van der Waals surface area contributed by atoms with Crippen LogP contribution in [0, 0.1) is 6.92 Å². The molecule has 76 valence electrons. The number of hydrogen-bond donors (Lipinski definition) is 0. The van der Waals surface area contributed by atoms with Crippen molar-refractivity contribution >= 4 is 5.78 Å². The fourth-order valence-electron chi connectivity index (χ4n) is 1.27. The molecule has 0 spiro atoms. The number of aryl methyl sites for hydroxylation is 2. The molecule has 1 heterocycles. The molecule has 1 atom stereocenters. The Bertz CT molecular complexity index is 347. The molecule has 3 heteroatoms. The van der Waals surface area contributed by atoms with Crippen LogP contribution in [-0.4, -0.2) is 15.8 Å². The third-order valence-corrected chi connectivity index (χ3v) is 2.33. The Labute approximate surface area is 84.6 Å². The van der Waals surface area contributed by atoms with Crippen molar-refractivity contribution in [3.63, 3.8) is 0 Å². The van der Waals surface area contributed by atoms with E-state index in [2.05, 4.69) is 9.97 Å². The predicted molar refractivity (Wildman–Crippen MR) is 55.2 cm³/mol. The highest BCUT2D eigenvalue weighted by Crippen LogP contribution is 2.14. The zero-order valence-electron chi connectivity index (χ0n) is 9.16. The van der Waals surface area contributed by atoms with Gasteiger partial charge in [-0.1, -0.05) is 6.92 Å². The van der Waals surface area contributed by atoms with E-state index in [1.54, 1.807) is 6.92 Å². The average molecular weight is 192 g/mol. The van der Waals surface area contributed by atoms with E-state index in [1.165, 1.54) is 0 Å². The first-order valence-corrected chi connectivity index (χ1v) is 4.89.